The van der Waals surface area contributed by atoms with E-state index in [1.807, 2.05) is 44.2 Å². The van der Waals surface area contributed by atoms with Gasteiger partial charge in [-0.2, -0.15) is 0 Å². The Labute approximate surface area is 204 Å². The first-order chi connectivity index (χ1) is 16.8. The molecule has 0 spiro atoms. The van der Waals surface area contributed by atoms with Gasteiger partial charge in [0.15, 0.2) is 0 Å². The fourth-order valence-corrected chi connectivity index (χ4v) is 3.76. The van der Waals surface area contributed by atoms with Gasteiger partial charge in [0, 0.05) is 6.42 Å². The number of hydrogen-bond donors (Lipinski definition) is 1. The molecule has 0 aliphatic carbocycles. The number of carbonyl (C=O) groups is 2. The highest BCUT2D eigenvalue weighted by atomic mass is 19.1. The van der Waals surface area contributed by atoms with E-state index in [2.05, 4.69) is 5.32 Å². The van der Waals surface area contributed by atoms with Crippen molar-refractivity contribution >= 4 is 12.3 Å². The second-order valence-corrected chi connectivity index (χ2v) is 8.12. The van der Waals surface area contributed by atoms with Crippen LogP contribution in [0.25, 0.3) is 0 Å². The van der Waals surface area contributed by atoms with E-state index >= 15 is 0 Å². The average Bonchev–Trinajstić information content (AvgIpc) is 2.82. The number of halogens is 1. The van der Waals surface area contributed by atoms with Crippen LogP contribution in [-0.2, 0) is 25.4 Å². The highest BCUT2D eigenvalue weighted by Crippen LogP contribution is 2.42. The number of allylic oxidation sites excluding steroid dienone is 2. The fraction of sp³-hybridized carbons (Fsp3) is 0.333. The predicted octanol–water partition coefficient (Wildman–Crippen LogP) is 6.18. The highest BCUT2D eigenvalue weighted by Gasteiger charge is 2.38. The van der Waals surface area contributed by atoms with Crippen molar-refractivity contribution in [1.29, 1.82) is 0 Å². The Kier molecular flexibility index (Phi) is 8.89. The lowest BCUT2D eigenvalue weighted by atomic mass is 9.86. The molecule has 8 heteroatoms. The Balaban J connectivity index is 2.20. The quantitative estimate of drug-likeness (QED) is 0.449. The van der Waals surface area contributed by atoms with Crippen molar-refractivity contribution < 1.29 is 32.9 Å². The lowest BCUT2D eigenvalue weighted by Gasteiger charge is -2.33. The number of carbonyl (C=O) groups excluding carboxylic acids is 2. The lowest BCUT2D eigenvalue weighted by molar-refractivity contribution is 0.0641. The first-order valence-electron chi connectivity index (χ1n) is 11.6. The second kappa shape index (κ2) is 12.1. The van der Waals surface area contributed by atoms with Gasteiger partial charge in [0.05, 0.1) is 24.6 Å². The third-order valence-corrected chi connectivity index (χ3v) is 5.29. The molecule has 1 unspecified atom stereocenters. The molecule has 0 fully saturated rings. The number of hydrogen-bond acceptors (Lipinski definition) is 7. The summed E-state index contributed by atoms with van der Waals surface area (Å²) in [5.74, 6) is -0.951. The first kappa shape index (κ1) is 25.8. The van der Waals surface area contributed by atoms with Gasteiger partial charge in [-0.25, -0.2) is 14.0 Å². The van der Waals surface area contributed by atoms with Gasteiger partial charge in [0.2, 0.25) is 0 Å². The summed E-state index contributed by atoms with van der Waals surface area (Å²) in [6.45, 7) is 7.46. The van der Waals surface area contributed by atoms with Crippen LogP contribution in [0, 0.1) is 11.7 Å². The molecular formula is C27H30FNO6. The second-order valence-electron chi connectivity index (χ2n) is 8.12. The van der Waals surface area contributed by atoms with Gasteiger partial charge < -0.3 is 24.3 Å². The number of benzene rings is 2. The average molecular weight is 484 g/mol. The van der Waals surface area contributed by atoms with Crippen LogP contribution < -0.4 is 5.32 Å². The van der Waals surface area contributed by atoms with Gasteiger partial charge in [-0.05, 0) is 43.0 Å². The molecule has 1 heterocycles. The van der Waals surface area contributed by atoms with Crippen LogP contribution in [0.2, 0.25) is 0 Å². The van der Waals surface area contributed by atoms with E-state index in [0.717, 1.165) is 5.56 Å². The van der Waals surface area contributed by atoms with Crippen molar-refractivity contribution in [3.05, 3.63) is 94.5 Å². The lowest BCUT2D eigenvalue weighted by Crippen LogP contribution is -2.33. The molecule has 35 heavy (non-hydrogen) atoms. The molecule has 0 aromatic heterocycles. The summed E-state index contributed by atoms with van der Waals surface area (Å²) in [6, 6.07) is 15.4. The number of nitrogens with one attached hydrogen (secondary N) is 1. The Bertz CT molecular complexity index is 1090. The summed E-state index contributed by atoms with van der Waals surface area (Å²) in [5.41, 5.74) is 2.75. The molecule has 1 aliphatic heterocycles. The summed E-state index contributed by atoms with van der Waals surface area (Å²) in [5, 5.41) is 3.33. The Hall–Kier alpha value is -3.81. The minimum absolute atomic E-state index is 0.0997. The molecule has 1 aliphatic rings. The van der Waals surface area contributed by atoms with Crippen LogP contribution in [0.15, 0.2) is 77.5 Å². The summed E-state index contributed by atoms with van der Waals surface area (Å²) in [4.78, 5) is 24.9. The minimum atomic E-state index is -0.898. The van der Waals surface area contributed by atoms with Crippen molar-refractivity contribution in [3.8, 4) is 0 Å². The van der Waals surface area contributed by atoms with Gasteiger partial charge in [-0.1, -0.05) is 56.3 Å². The molecule has 7 nitrogen and oxygen atoms in total. The zero-order chi connectivity index (χ0) is 25.4. The smallest absolute Gasteiger partial charge is 0.434 e. The van der Waals surface area contributed by atoms with Crippen molar-refractivity contribution in [3.63, 3.8) is 0 Å². The standard InChI is InChI=1S/C27H30FNO6/c1-5-32-26(30)34-24-21(16-18-10-8-7-9-11-18)29-23(17(3)4)25(35-27(31)33-6-2)22(24)19-12-14-20(28)15-13-19/h7-15,17,22,29H,5-6,16H2,1-4H3. The molecule has 0 bridgehead atoms. The molecular weight excluding hydrogens is 453 g/mol. The molecule has 0 radical (unpaired) electrons. The van der Waals surface area contributed by atoms with Crippen LogP contribution in [0.5, 0.6) is 0 Å². The van der Waals surface area contributed by atoms with Crippen LogP contribution in [0.1, 0.15) is 44.7 Å². The maximum Gasteiger partial charge on any atom is 0.513 e. The molecule has 2 aromatic rings. The molecule has 186 valence electrons. The van der Waals surface area contributed by atoms with E-state index < -0.39 is 24.0 Å². The molecule has 3 rings (SSSR count). The Morgan fingerprint density at radius 2 is 1.46 bits per heavy atom. The molecule has 1 atom stereocenters. The third-order valence-electron chi connectivity index (χ3n) is 5.29. The van der Waals surface area contributed by atoms with E-state index in [0.29, 0.717) is 23.4 Å². The van der Waals surface area contributed by atoms with Gasteiger partial charge in [0.25, 0.3) is 0 Å². The SMILES string of the molecule is CCOC(=O)OC1=C(Cc2ccccc2)NC(C(C)C)=C(OC(=O)OCC)C1c1ccc(F)cc1. The normalized spacial score (nSPS) is 15.5. The first-order valence-corrected chi connectivity index (χ1v) is 11.6. The molecule has 2 aromatic carbocycles. The van der Waals surface area contributed by atoms with Crippen molar-refractivity contribution in [2.45, 2.75) is 40.0 Å². The molecule has 0 amide bonds. The van der Waals surface area contributed by atoms with E-state index in [4.69, 9.17) is 18.9 Å². The van der Waals surface area contributed by atoms with Crippen molar-refractivity contribution in [1.82, 2.24) is 5.32 Å². The van der Waals surface area contributed by atoms with Gasteiger partial charge >= 0.3 is 12.3 Å². The number of dihydropyridines is 1. The van der Waals surface area contributed by atoms with Crippen LogP contribution in [0.4, 0.5) is 14.0 Å². The summed E-state index contributed by atoms with van der Waals surface area (Å²) in [7, 11) is 0. The highest BCUT2D eigenvalue weighted by molar-refractivity contribution is 5.65. The molecule has 1 N–H and O–H groups in total. The van der Waals surface area contributed by atoms with E-state index in [9.17, 15) is 14.0 Å². The zero-order valence-corrected chi connectivity index (χ0v) is 20.3. The van der Waals surface area contributed by atoms with Crippen LogP contribution in [-0.4, -0.2) is 25.5 Å². The summed E-state index contributed by atoms with van der Waals surface area (Å²) in [6.07, 6.45) is -1.39. The summed E-state index contributed by atoms with van der Waals surface area (Å²) >= 11 is 0. The van der Waals surface area contributed by atoms with Gasteiger partial charge in [0.1, 0.15) is 23.3 Å². The predicted molar refractivity (Wildman–Crippen MR) is 128 cm³/mol. The van der Waals surface area contributed by atoms with Gasteiger partial charge in [-0.3, -0.25) is 0 Å². The minimum Gasteiger partial charge on any atom is -0.434 e. The molecule has 0 saturated carbocycles. The van der Waals surface area contributed by atoms with Crippen LogP contribution in [0.3, 0.4) is 0 Å². The Morgan fingerprint density at radius 3 is 2.00 bits per heavy atom. The monoisotopic (exact) mass is 483 g/mol. The summed E-state index contributed by atoms with van der Waals surface area (Å²) < 4.78 is 35.2. The van der Waals surface area contributed by atoms with Crippen LogP contribution >= 0.6 is 0 Å². The zero-order valence-electron chi connectivity index (χ0n) is 20.3. The number of ether oxygens (including phenoxy) is 4. The maximum absolute atomic E-state index is 13.8. The van der Waals surface area contributed by atoms with Crippen molar-refractivity contribution in [2.75, 3.05) is 13.2 Å². The fourth-order valence-electron chi connectivity index (χ4n) is 3.76. The largest absolute Gasteiger partial charge is 0.513 e. The van der Waals surface area contributed by atoms with Gasteiger partial charge in [-0.15, -0.1) is 0 Å². The van der Waals surface area contributed by atoms with E-state index in [1.165, 1.54) is 12.1 Å². The molecule has 0 saturated heterocycles. The van der Waals surface area contributed by atoms with E-state index in [1.54, 1.807) is 26.0 Å². The maximum atomic E-state index is 13.8. The topological polar surface area (TPSA) is 83.1 Å². The van der Waals surface area contributed by atoms with Crippen molar-refractivity contribution in [2.24, 2.45) is 5.92 Å². The Morgan fingerprint density at radius 1 is 0.886 bits per heavy atom. The van der Waals surface area contributed by atoms with E-state index in [-0.39, 0.29) is 30.6 Å². The number of rotatable bonds is 8. The third kappa shape index (κ3) is 6.62.